The number of aromatic nitrogens is 2. The van der Waals surface area contributed by atoms with Crippen molar-refractivity contribution in [2.75, 3.05) is 13.2 Å². The van der Waals surface area contributed by atoms with Gasteiger partial charge in [0, 0.05) is 30.5 Å². The van der Waals surface area contributed by atoms with Gasteiger partial charge in [0.2, 0.25) is 0 Å². The molecule has 1 aromatic rings. The Bertz CT molecular complexity index is 302. The molecule has 0 saturated carbocycles. The second-order valence-corrected chi connectivity index (χ2v) is 4.12. The van der Waals surface area contributed by atoms with E-state index in [0.717, 1.165) is 31.9 Å². The molecule has 3 N–H and O–H groups in total. The van der Waals surface area contributed by atoms with E-state index in [9.17, 15) is 0 Å². The van der Waals surface area contributed by atoms with Gasteiger partial charge < -0.3 is 15.5 Å². The van der Waals surface area contributed by atoms with Crippen molar-refractivity contribution in [2.24, 2.45) is 5.73 Å². The highest BCUT2D eigenvalue weighted by Crippen LogP contribution is 2.32. The van der Waals surface area contributed by atoms with E-state index < -0.39 is 0 Å². The fourth-order valence-corrected chi connectivity index (χ4v) is 1.86. The van der Waals surface area contributed by atoms with Crippen LogP contribution < -0.4 is 5.73 Å². The summed E-state index contributed by atoms with van der Waals surface area (Å²) in [6.07, 6.45) is 4.02. The number of aromatic amines is 1. The SMILES string of the molecule is CC1(c2cnc(CN)[nH]2)CCOCC1. The zero-order valence-corrected chi connectivity index (χ0v) is 8.55. The van der Waals surface area contributed by atoms with Crippen molar-refractivity contribution in [2.45, 2.75) is 31.7 Å². The largest absolute Gasteiger partial charge is 0.381 e. The Morgan fingerprint density at radius 3 is 2.86 bits per heavy atom. The third-order valence-corrected chi connectivity index (χ3v) is 3.07. The van der Waals surface area contributed by atoms with Gasteiger partial charge in [0.1, 0.15) is 5.82 Å². The summed E-state index contributed by atoms with van der Waals surface area (Å²) in [5.74, 6) is 0.868. The highest BCUT2D eigenvalue weighted by Gasteiger charge is 2.30. The van der Waals surface area contributed by atoms with Crippen LogP contribution in [0.1, 0.15) is 31.3 Å². The number of hydrogen-bond acceptors (Lipinski definition) is 3. The highest BCUT2D eigenvalue weighted by molar-refractivity contribution is 5.15. The van der Waals surface area contributed by atoms with E-state index in [0.29, 0.717) is 6.54 Å². The minimum absolute atomic E-state index is 0.193. The van der Waals surface area contributed by atoms with Gasteiger partial charge in [0.15, 0.2) is 0 Å². The Balaban J connectivity index is 2.19. The fraction of sp³-hybridized carbons (Fsp3) is 0.700. The molecule has 2 rings (SSSR count). The molecule has 1 aliphatic rings. The third kappa shape index (κ3) is 1.67. The summed E-state index contributed by atoms with van der Waals surface area (Å²) in [5, 5.41) is 0. The lowest BCUT2D eigenvalue weighted by Gasteiger charge is -2.32. The molecule has 0 unspecified atom stereocenters. The average molecular weight is 195 g/mol. The fourth-order valence-electron chi connectivity index (χ4n) is 1.86. The van der Waals surface area contributed by atoms with Crippen LogP contribution in [0.25, 0.3) is 0 Å². The van der Waals surface area contributed by atoms with Crippen molar-refractivity contribution < 1.29 is 4.74 Å². The van der Waals surface area contributed by atoms with E-state index in [1.54, 1.807) is 0 Å². The maximum absolute atomic E-state index is 5.52. The second-order valence-electron chi connectivity index (χ2n) is 4.12. The van der Waals surface area contributed by atoms with E-state index in [2.05, 4.69) is 16.9 Å². The number of hydrogen-bond donors (Lipinski definition) is 2. The molecule has 0 bridgehead atoms. The Morgan fingerprint density at radius 1 is 1.57 bits per heavy atom. The molecule has 4 nitrogen and oxygen atoms in total. The van der Waals surface area contributed by atoms with Crippen LogP contribution >= 0.6 is 0 Å². The van der Waals surface area contributed by atoms with Gasteiger partial charge >= 0.3 is 0 Å². The summed E-state index contributed by atoms with van der Waals surface area (Å²) in [4.78, 5) is 7.52. The van der Waals surface area contributed by atoms with Gasteiger partial charge in [0.25, 0.3) is 0 Å². The van der Waals surface area contributed by atoms with Gasteiger partial charge in [-0.3, -0.25) is 0 Å². The zero-order chi connectivity index (χ0) is 10.0. The molecule has 0 aromatic carbocycles. The second kappa shape index (κ2) is 3.71. The van der Waals surface area contributed by atoms with Crippen LogP contribution in [-0.4, -0.2) is 23.2 Å². The summed E-state index contributed by atoms with van der Waals surface area (Å²) in [6.45, 7) is 4.41. The normalized spacial score (nSPS) is 21.0. The summed E-state index contributed by atoms with van der Waals surface area (Å²) in [6, 6.07) is 0. The lowest BCUT2D eigenvalue weighted by atomic mass is 9.80. The number of rotatable bonds is 2. The van der Waals surface area contributed by atoms with Crippen LogP contribution in [-0.2, 0) is 16.7 Å². The molecule has 0 amide bonds. The number of ether oxygens (including phenoxy) is 1. The minimum Gasteiger partial charge on any atom is -0.381 e. The number of nitrogens with two attached hydrogens (primary N) is 1. The smallest absolute Gasteiger partial charge is 0.120 e. The van der Waals surface area contributed by atoms with E-state index >= 15 is 0 Å². The molecular formula is C10H17N3O. The standard InChI is InChI=1S/C10H17N3O/c1-10(2-4-14-5-3-10)8-7-12-9(6-11)13-8/h7H,2-6,11H2,1H3,(H,12,13). The van der Waals surface area contributed by atoms with Crippen LogP contribution in [0.3, 0.4) is 0 Å². The predicted octanol–water partition coefficient (Wildman–Crippen LogP) is 0.936. The first-order valence-electron chi connectivity index (χ1n) is 5.07. The van der Waals surface area contributed by atoms with Crippen LogP contribution in [0, 0.1) is 0 Å². The molecule has 0 radical (unpaired) electrons. The summed E-state index contributed by atoms with van der Waals surface area (Å²) in [7, 11) is 0. The molecule has 1 aliphatic heterocycles. The van der Waals surface area contributed by atoms with Gasteiger partial charge in [-0.1, -0.05) is 6.92 Å². The Labute approximate surface area is 83.9 Å². The van der Waals surface area contributed by atoms with E-state index in [1.807, 2.05) is 6.20 Å². The molecule has 0 atom stereocenters. The first-order valence-corrected chi connectivity index (χ1v) is 5.07. The van der Waals surface area contributed by atoms with Gasteiger partial charge in [-0.05, 0) is 12.8 Å². The number of nitrogens with zero attached hydrogens (tertiary/aromatic N) is 1. The molecule has 4 heteroatoms. The van der Waals surface area contributed by atoms with Crippen molar-refractivity contribution >= 4 is 0 Å². The first-order chi connectivity index (χ1) is 6.74. The van der Waals surface area contributed by atoms with Crippen LogP contribution in [0.4, 0.5) is 0 Å². The van der Waals surface area contributed by atoms with Crippen LogP contribution in [0.15, 0.2) is 6.20 Å². The molecule has 1 aromatic heterocycles. The number of imidazole rings is 1. The van der Waals surface area contributed by atoms with Crippen molar-refractivity contribution in [3.05, 3.63) is 17.7 Å². The molecule has 78 valence electrons. The molecular weight excluding hydrogens is 178 g/mol. The van der Waals surface area contributed by atoms with Gasteiger partial charge in [-0.15, -0.1) is 0 Å². The molecule has 2 heterocycles. The van der Waals surface area contributed by atoms with Crippen molar-refractivity contribution in [3.63, 3.8) is 0 Å². The lowest BCUT2D eigenvalue weighted by Crippen LogP contribution is -2.31. The van der Waals surface area contributed by atoms with Crippen molar-refractivity contribution in [1.29, 1.82) is 0 Å². The molecule has 1 fully saturated rings. The van der Waals surface area contributed by atoms with E-state index in [1.165, 1.54) is 5.69 Å². The number of H-pyrrole nitrogens is 1. The molecule has 0 aliphatic carbocycles. The zero-order valence-electron chi connectivity index (χ0n) is 8.55. The molecule has 1 saturated heterocycles. The minimum atomic E-state index is 0.193. The van der Waals surface area contributed by atoms with Crippen LogP contribution in [0.5, 0.6) is 0 Å². The Hall–Kier alpha value is -0.870. The first kappa shape index (κ1) is 9.68. The topological polar surface area (TPSA) is 63.9 Å². The molecule has 0 spiro atoms. The highest BCUT2D eigenvalue weighted by atomic mass is 16.5. The average Bonchev–Trinajstić information content (AvgIpc) is 2.67. The van der Waals surface area contributed by atoms with Crippen molar-refractivity contribution in [3.8, 4) is 0 Å². The summed E-state index contributed by atoms with van der Waals surface area (Å²) < 4.78 is 5.36. The maximum atomic E-state index is 5.52. The predicted molar refractivity (Wildman–Crippen MR) is 53.9 cm³/mol. The van der Waals surface area contributed by atoms with Crippen molar-refractivity contribution in [1.82, 2.24) is 9.97 Å². The Kier molecular flexibility index (Phi) is 2.56. The third-order valence-electron chi connectivity index (χ3n) is 3.07. The summed E-state index contributed by atoms with van der Waals surface area (Å²) >= 11 is 0. The number of nitrogens with one attached hydrogen (secondary N) is 1. The maximum Gasteiger partial charge on any atom is 0.120 e. The molecule has 14 heavy (non-hydrogen) atoms. The van der Waals surface area contributed by atoms with E-state index in [4.69, 9.17) is 10.5 Å². The van der Waals surface area contributed by atoms with E-state index in [-0.39, 0.29) is 5.41 Å². The Morgan fingerprint density at radius 2 is 2.29 bits per heavy atom. The van der Waals surface area contributed by atoms with Gasteiger partial charge in [-0.25, -0.2) is 4.98 Å². The lowest BCUT2D eigenvalue weighted by molar-refractivity contribution is 0.0551. The monoisotopic (exact) mass is 195 g/mol. The van der Waals surface area contributed by atoms with Gasteiger partial charge in [-0.2, -0.15) is 0 Å². The van der Waals surface area contributed by atoms with Gasteiger partial charge in [0.05, 0.1) is 6.54 Å². The summed E-state index contributed by atoms with van der Waals surface area (Å²) in [5.41, 5.74) is 6.91. The quantitative estimate of drug-likeness (QED) is 0.738. The van der Waals surface area contributed by atoms with Crippen LogP contribution in [0.2, 0.25) is 0 Å².